The van der Waals surface area contributed by atoms with E-state index in [0.29, 0.717) is 13.0 Å². The van der Waals surface area contributed by atoms with Gasteiger partial charge in [-0.3, -0.25) is 4.90 Å². The summed E-state index contributed by atoms with van der Waals surface area (Å²) in [5.41, 5.74) is 1.41. The van der Waals surface area contributed by atoms with E-state index in [9.17, 15) is 9.59 Å². The molecule has 0 aliphatic carbocycles. The summed E-state index contributed by atoms with van der Waals surface area (Å²) in [6, 6.07) is 5.11. The van der Waals surface area contributed by atoms with Crippen molar-refractivity contribution in [2.24, 2.45) is 0 Å². The van der Waals surface area contributed by atoms with Gasteiger partial charge in [0.05, 0.1) is 13.7 Å². The first kappa shape index (κ1) is 16.8. The lowest BCUT2D eigenvalue weighted by molar-refractivity contribution is -0.147. The Morgan fingerprint density at radius 1 is 1.32 bits per heavy atom. The van der Waals surface area contributed by atoms with Crippen molar-refractivity contribution < 1.29 is 19.1 Å². The van der Waals surface area contributed by atoms with Crippen LogP contribution in [-0.2, 0) is 27.2 Å². The van der Waals surface area contributed by atoms with Gasteiger partial charge < -0.3 is 9.47 Å². The number of halogens is 1. The Morgan fingerprint density at radius 3 is 2.59 bits per heavy atom. The van der Waals surface area contributed by atoms with Crippen molar-refractivity contribution in [2.75, 3.05) is 7.11 Å². The third-order valence-electron chi connectivity index (χ3n) is 3.43. The fourth-order valence-electron chi connectivity index (χ4n) is 2.44. The lowest BCUT2D eigenvalue weighted by Gasteiger charge is -2.36. The Labute approximate surface area is 138 Å². The maximum absolute atomic E-state index is 12.4. The number of hydrogen-bond acceptors (Lipinski definition) is 4. The molecule has 120 valence electrons. The van der Waals surface area contributed by atoms with E-state index in [1.165, 1.54) is 12.0 Å². The summed E-state index contributed by atoms with van der Waals surface area (Å²) in [5, 5.41) is 0. The molecule has 1 atom stereocenters. The molecule has 1 amide bonds. The van der Waals surface area contributed by atoms with Gasteiger partial charge in [0.1, 0.15) is 11.6 Å². The first-order chi connectivity index (χ1) is 10.2. The van der Waals surface area contributed by atoms with Crippen molar-refractivity contribution in [2.45, 2.75) is 45.4 Å². The Morgan fingerprint density at radius 2 is 2.00 bits per heavy atom. The van der Waals surface area contributed by atoms with Gasteiger partial charge in [0.15, 0.2) is 0 Å². The van der Waals surface area contributed by atoms with E-state index in [0.717, 1.165) is 15.6 Å². The van der Waals surface area contributed by atoms with Crippen molar-refractivity contribution in [3.8, 4) is 0 Å². The first-order valence-corrected chi connectivity index (χ1v) is 7.86. The molecule has 5 nitrogen and oxygen atoms in total. The van der Waals surface area contributed by atoms with Gasteiger partial charge in [0.25, 0.3) is 0 Å². The Kier molecular flexibility index (Phi) is 4.80. The average molecular weight is 370 g/mol. The van der Waals surface area contributed by atoms with E-state index in [1.807, 2.05) is 18.2 Å². The molecule has 0 fully saturated rings. The minimum Gasteiger partial charge on any atom is -0.467 e. The zero-order chi connectivity index (χ0) is 16.5. The Bertz CT molecular complexity index is 594. The summed E-state index contributed by atoms with van der Waals surface area (Å²) in [6.07, 6.45) is -0.101. The second-order valence-electron chi connectivity index (χ2n) is 6.23. The van der Waals surface area contributed by atoms with Crippen LogP contribution in [-0.4, -0.2) is 35.7 Å². The van der Waals surface area contributed by atoms with Gasteiger partial charge in [0.2, 0.25) is 0 Å². The van der Waals surface area contributed by atoms with Gasteiger partial charge in [-0.05, 0) is 38.0 Å². The number of esters is 1. The maximum atomic E-state index is 12.4. The minimum absolute atomic E-state index is 0.323. The summed E-state index contributed by atoms with van der Waals surface area (Å²) in [6.45, 7) is 5.72. The molecular weight excluding hydrogens is 350 g/mol. The zero-order valence-electron chi connectivity index (χ0n) is 13.2. The minimum atomic E-state index is -0.675. The maximum Gasteiger partial charge on any atom is 0.411 e. The van der Waals surface area contributed by atoms with Gasteiger partial charge in [-0.1, -0.05) is 28.1 Å². The molecule has 0 N–H and O–H groups in total. The number of amides is 1. The number of ether oxygens (including phenoxy) is 2. The lowest BCUT2D eigenvalue weighted by atomic mass is 9.94. The largest absolute Gasteiger partial charge is 0.467 e. The fraction of sp³-hybridized carbons (Fsp3) is 0.500. The highest BCUT2D eigenvalue weighted by molar-refractivity contribution is 9.10. The summed E-state index contributed by atoms with van der Waals surface area (Å²) in [4.78, 5) is 25.9. The summed E-state index contributed by atoms with van der Waals surface area (Å²) >= 11 is 3.50. The molecule has 1 heterocycles. The number of hydrogen-bond donors (Lipinski definition) is 0. The monoisotopic (exact) mass is 369 g/mol. The molecule has 1 aromatic rings. The van der Waals surface area contributed by atoms with Crippen molar-refractivity contribution >= 4 is 28.0 Å². The normalized spacial score (nSPS) is 17.7. The van der Waals surface area contributed by atoms with Crippen LogP contribution in [0.4, 0.5) is 4.79 Å². The standard InChI is InChI=1S/C16H20BrNO4/c1-16(2,3)22-15(20)18-9-10-6-5-7-12(17)11(10)8-13(18)14(19)21-4/h5-7,13H,8-9H2,1-4H3. The van der Waals surface area contributed by atoms with Crippen molar-refractivity contribution in [3.63, 3.8) is 0 Å². The van der Waals surface area contributed by atoms with E-state index in [2.05, 4.69) is 15.9 Å². The predicted molar refractivity (Wildman–Crippen MR) is 85.4 cm³/mol. The lowest BCUT2D eigenvalue weighted by Crippen LogP contribution is -2.50. The van der Waals surface area contributed by atoms with Crippen molar-refractivity contribution in [1.29, 1.82) is 0 Å². The molecule has 22 heavy (non-hydrogen) atoms. The van der Waals surface area contributed by atoms with Crippen LogP contribution in [0.5, 0.6) is 0 Å². The second kappa shape index (κ2) is 6.28. The van der Waals surface area contributed by atoms with E-state index in [-0.39, 0.29) is 0 Å². The molecule has 0 saturated heterocycles. The predicted octanol–water partition coefficient (Wildman–Crippen LogP) is 3.28. The second-order valence-corrected chi connectivity index (χ2v) is 7.08. The number of benzene rings is 1. The topological polar surface area (TPSA) is 55.8 Å². The van der Waals surface area contributed by atoms with E-state index in [1.54, 1.807) is 20.8 Å². The Balaban J connectivity index is 2.34. The summed E-state index contributed by atoms with van der Waals surface area (Å²) in [5.74, 6) is -0.438. The van der Waals surface area contributed by atoms with Gasteiger partial charge in [-0.15, -0.1) is 0 Å². The molecule has 0 saturated carbocycles. The average Bonchev–Trinajstić information content (AvgIpc) is 2.44. The number of carbonyl (C=O) groups is 2. The molecule has 0 aromatic heterocycles. The fourth-order valence-corrected chi connectivity index (χ4v) is 3.01. The molecule has 1 aliphatic rings. The molecule has 2 rings (SSSR count). The van der Waals surface area contributed by atoms with E-state index < -0.39 is 23.7 Å². The van der Waals surface area contributed by atoms with Crippen LogP contribution in [0.15, 0.2) is 22.7 Å². The van der Waals surface area contributed by atoms with Crippen LogP contribution in [0.2, 0.25) is 0 Å². The molecule has 6 heteroatoms. The quantitative estimate of drug-likeness (QED) is 0.712. The number of fused-ring (bicyclic) bond motifs is 1. The van der Waals surface area contributed by atoms with Crippen LogP contribution in [0.3, 0.4) is 0 Å². The third-order valence-corrected chi connectivity index (χ3v) is 4.17. The van der Waals surface area contributed by atoms with E-state index >= 15 is 0 Å². The highest BCUT2D eigenvalue weighted by atomic mass is 79.9. The van der Waals surface area contributed by atoms with Gasteiger partial charge >= 0.3 is 12.1 Å². The van der Waals surface area contributed by atoms with Gasteiger partial charge in [-0.2, -0.15) is 0 Å². The number of rotatable bonds is 1. The molecule has 0 bridgehead atoms. The highest BCUT2D eigenvalue weighted by Crippen LogP contribution is 2.30. The number of nitrogens with zero attached hydrogens (tertiary/aromatic N) is 1. The zero-order valence-corrected chi connectivity index (χ0v) is 14.8. The van der Waals surface area contributed by atoms with Crippen molar-refractivity contribution in [1.82, 2.24) is 4.90 Å². The third kappa shape index (κ3) is 3.61. The smallest absolute Gasteiger partial charge is 0.411 e. The highest BCUT2D eigenvalue weighted by Gasteiger charge is 2.38. The van der Waals surface area contributed by atoms with Crippen molar-refractivity contribution in [3.05, 3.63) is 33.8 Å². The molecular formula is C16H20BrNO4. The summed E-state index contributed by atoms with van der Waals surface area (Å²) in [7, 11) is 1.32. The molecule has 1 aliphatic heterocycles. The molecule has 1 aromatic carbocycles. The van der Waals surface area contributed by atoms with Crippen LogP contribution < -0.4 is 0 Å². The van der Waals surface area contributed by atoms with Crippen LogP contribution >= 0.6 is 15.9 Å². The number of methoxy groups -OCH3 is 1. The van der Waals surface area contributed by atoms with Crippen LogP contribution in [0, 0.1) is 0 Å². The molecule has 0 radical (unpaired) electrons. The van der Waals surface area contributed by atoms with Gasteiger partial charge in [-0.25, -0.2) is 9.59 Å². The molecule has 1 unspecified atom stereocenters. The van der Waals surface area contributed by atoms with Crippen LogP contribution in [0.25, 0.3) is 0 Å². The van der Waals surface area contributed by atoms with Crippen LogP contribution in [0.1, 0.15) is 31.9 Å². The SMILES string of the molecule is COC(=O)C1Cc2c(Br)cccc2CN1C(=O)OC(C)(C)C. The Hall–Kier alpha value is -1.56. The molecule has 0 spiro atoms. The number of carbonyl (C=O) groups excluding carboxylic acids is 2. The first-order valence-electron chi connectivity index (χ1n) is 7.06. The summed E-state index contributed by atoms with van der Waals surface area (Å²) < 4.78 is 11.2. The van der Waals surface area contributed by atoms with Gasteiger partial charge in [0, 0.05) is 10.9 Å². The van der Waals surface area contributed by atoms with E-state index in [4.69, 9.17) is 9.47 Å².